The maximum absolute atomic E-state index is 11.9. The van der Waals surface area contributed by atoms with Gasteiger partial charge >= 0.3 is 6.18 Å². The first-order valence-corrected chi connectivity index (χ1v) is 4.39. The molecule has 0 amide bonds. The summed E-state index contributed by atoms with van der Waals surface area (Å²) in [5.74, 6) is 0. The second-order valence-electron chi connectivity index (χ2n) is 3.33. The molecule has 1 atom stereocenters. The molecular formula is C9H16F3NO. The van der Waals surface area contributed by atoms with E-state index in [1.807, 2.05) is 0 Å². The van der Waals surface area contributed by atoms with Crippen LogP contribution in [0.25, 0.3) is 0 Å². The minimum Gasteiger partial charge on any atom is -0.392 e. The average molecular weight is 211 g/mol. The Labute approximate surface area is 82.0 Å². The third-order valence-corrected chi connectivity index (χ3v) is 1.68. The molecule has 0 aromatic carbocycles. The normalized spacial score (nSPS) is 14.4. The van der Waals surface area contributed by atoms with E-state index in [1.165, 1.54) is 7.05 Å². The zero-order valence-corrected chi connectivity index (χ0v) is 8.22. The molecule has 1 unspecified atom stereocenters. The molecule has 5 heteroatoms. The Hall–Kier alpha value is -0.550. The molecule has 2 nitrogen and oxygen atoms in total. The minimum absolute atomic E-state index is 0.0351. The van der Waals surface area contributed by atoms with Gasteiger partial charge in [-0.3, -0.25) is 4.90 Å². The van der Waals surface area contributed by atoms with Crippen LogP contribution in [0.1, 0.15) is 12.8 Å². The monoisotopic (exact) mass is 211 g/mol. The zero-order valence-electron chi connectivity index (χ0n) is 8.22. The number of likely N-dealkylation sites (N-methyl/N-ethyl adjacent to an activating group) is 1. The summed E-state index contributed by atoms with van der Waals surface area (Å²) in [5, 5.41) is 9.29. The number of hydrogen-bond acceptors (Lipinski definition) is 2. The van der Waals surface area contributed by atoms with Gasteiger partial charge in [-0.15, -0.1) is 6.58 Å². The molecule has 0 bridgehead atoms. The number of alkyl halides is 3. The lowest BCUT2D eigenvalue weighted by Gasteiger charge is -2.21. The van der Waals surface area contributed by atoms with Gasteiger partial charge in [-0.05, 0) is 19.9 Å². The van der Waals surface area contributed by atoms with Gasteiger partial charge in [0.25, 0.3) is 0 Å². The standard InChI is InChI=1S/C9H16F3NO/c1-3-4-5-8(14)6-13(2)7-9(10,11)12/h3,8,14H,1,4-7H2,2H3. The molecule has 0 aliphatic carbocycles. The fourth-order valence-electron chi connectivity index (χ4n) is 1.13. The lowest BCUT2D eigenvalue weighted by atomic mass is 10.2. The topological polar surface area (TPSA) is 23.5 Å². The fourth-order valence-corrected chi connectivity index (χ4v) is 1.13. The van der Waals surface area contributed by atoms with Crippen molar-refractivity contribution in [2.24, 2.45) is 0 Å². The SMILES string of the molecule is C=CCCC(O)CN(C)CC(F)(F)F. The average Bonchev–Trinajstić information content (AvgIpc) is 1.96. The van der Waals surface area contributed by atoms with E-state index in [2.05, 4.69) is 6.58 Å². The van der Waals surface area contributed by atoms with Gasteiger partial charge in [0.2, 0.25) is 0 Å². The number of nitrogens with zero attached hydrogens (tertiary/aromatic N) is 1. The predicted octanol–water partition coefficient (Wildman–Crippen LogP) is 1.81. The number of rotatable bonds is 6. The third kappa shape index (κ3) is 8.07. The van der Waals surface area contributed by atoms with E-state index in [4.69, 9.17) is 0 Å². The van der Waals surface area contributed by atoms with Crippen molar-refractivity contribution in [1.29, 1.82) is 0 Å². The van der Waals surface area contributed by atoms with Crippen molar-refractivity contribution < 1.29 is 18.3 Å². The van der Waals surface area contributed by atoms with Gasteiger partial charge in [-0.25, -0.2) is 0 Å². The van der Waals surface area contributed by atoms with Crippen LogP contribution in [-0.4, -0.2) is 42.4 Å². The van der Waals surface area contributed by atoms with Crippen molar-refractivity contribution >= 4 is 0 Å². The summed E-state index contributed by atoms with van der Waals surface area (Å²) in [4.78, 5) is 1.06. The second kappa shape index (κ2) is 6.03. The molecule has 0 radical (unpaired) electrons. The molecule has 1 N–H and O–H groups in total. The Kier molecular flexibility index (Phi) is 5.79. The third-order valence-electron chi connectivity index (χ3n) is 1.68. The molecule has 0 fully saturated rings. The number of aliphatic hydroxyl groups is 1. The molecule has 0 rings (SSSR count). The molecule has 0 aliphatic heterocycles. The molecule has 0 aromatic rings. The molecular weight excluding hydrogens is 195 g/mol. The molecule has 84 valence electrons. The van der Waals surface area contributed by atoms with Crippen LogP contribution in [0.5, 0.6) is 0 Å². The van der Waals surface area contributed by atoms with Crippen molar-refractivity contribution in [3.8, 4) is 0 Å². The van der Waals surface area contributed by atoms with E-state index in [9.17, 15) is 18.3 Å². The molecule has 14 heavy (non-hydrogen) atoms. The molecule has 0 saturated heterocycles. The number of halogens is 3. The maximum atomic E-state index is 11.9. The Morgan fingerprint density at radius 2 is 2.07 bits per heavy atom. The first-order chi connectivity index (χ1) is 6.35. The van der Waals surface area contributed by atoms with E-state index in [0.717, 1.165) is 4.90 Å². The van der Waals surface area contributed by atoms with Crippen LogP contribution >= 0.6 is 0 Å². The van der Waals surface area contributed by atoms with Crippen LogP contribution in [0.15, 0.2) is 12.7 Å². The van der Waals surface area contributed by atoms with Gasteiger partial charge in [-0.1, -0.05) is 6.08 Å². The van der Waals surface area contributed by atoms with Gasteiger partial charge in [0.15, 0.2) is 0 Å². The number of hydrogen-bond donors (Lipinski definition) is 1. The van der Waals surface area contributed by atoms with Crippen LogP contribution in [0.2, 0.25) is 0 Å². The summed E-state index contributed by atoms with van der Waals surface area (Å²) in [6, 6.07) is 0. The summed E-state index contributed by atoms with van der Waals surface area (Å²) >= 11 is 0. The minimum atomic E-state index is -4.20. The molecule has 0 heterocycles. The van der Waals surface area contributed by atoms with Crippen molar-refractivity contribution in [3.05, 3.63) is 12.7 Å². The van der Waals surface area contributed by atoms with Crippen LogP contribution in [-0.2, 0) is 0 Å². The summed E-state index contributed by atoms with van der Waals surface area (Å²) in [7, 11) is 1.34. The quantitative estimate of drug-likeness (QED) is 0.677. The second-order valence-corrected chi connectivity index (χ2v) is 3.33. The van der Waals surface area contributed by atoms with Crippen LogP contribution < -0.4 is 0 Å². The summed E-state index contributed by atoms with van der Waals surface area (Å²) in [5.41, 5.74) is 0. The first-order valence-electron chi connectivity index (χ1n) is 4.39. The summed E-state index contributed by atoms with van der Waals surface area (Å²) in [6.07, 6.45) is -2.23. The number of aliphatic hydroxyl groups excluding tert-OH is 1. The van der Waals surface area contributed by atoms with E-state index in [0.29, 0.717) is 12.8 Å². The van der Waals surface area contributed by atoms with Crippen molar-refractivity contribution in [3.63, 3.8) is 0 Å². The largest absolute Gasteiger partial charge is 0.401 e. The fraction of sp³-hybridized carbons (Fsp3) is 0.778. The smallest absolute Gasteiger partial charge is 0.392 e. The Bertz CT molecular complexity index is 170. The summed E-state index contributed by atoms with van der Waals surface area (Å²) < 4.78 is 35.6. The Morgan fingerprint density at radius 3 is 2.50 bits per heavy atom. The molecule has 0 aromatic heterocycles. The van der Waals surface area contributed by atoms with Crippen molar-refractivity contribution in [2.75, 3.05) is 20.1 Å². The van der Waals surface area contributed by atoms with Crippen LogP contribution in [0.4, 0.5) is 13.2 Å². The highest BCUT2D eigenvalue weighted by Crippen LogP contribution is 2.15. The Morgan fingerprint density at radius 1 is 1.50 bits per heavy atom. The van der Waals surface area contributed by atoms with E-state index in [1.54, 1.807) is 6.08 Å². The van der Waals surface area contributed by atoms with E-state index < -0.39 is 18.8 Å². The highest BCUT2D eigenvalue weighted by molar-refractivity contribution is 4.71. The van der Waals surface area contributed by atoms with Crippen LogP contribution in [0, 0.1) is 0 Å². The van der Waals surface area contributed by atoms with Gasteiger partial charge in [0.05, 0.1) is 12.6 Å². The molecule has 0 spiro atoms. The molecule has 0 aliphatic rings. The van der Waals surface area contributed by atoms with Gasteiger partial charge in [0.1, 0.15) is 0 Å². The number of allylic oxidation sites excluding steroid dienone is 1. The summed E-state index contributed by atoms with van der Waals surface area (Å²) in [6.45, 7) is 2.51. The van der Waals surface area contributed by atoms with Crippen molar-refractivity contribution in [2.45, 2.75) is 25.1 Å². The van der Waals surface area contributed by atoms with E-state index in [-0.39, 0.29) is 6.54 Å². The van der Waals surface area contributed by atoms with Crippen LogP contribution in [0.3, 0.4) is 0 Å². The van der Waals surface area contributed by atoms with Crippen molar-refractivity contribution in [1.82, 2.24) is 4.90 Å². The first kappa shape index (κ1) is 13.4. The Balaban J connectivity index is 3.70. The zero-order chi connectivity index (χ0) is 11.2. The lowest BCUT2D eigenvalue weighted by molar-refractivity contribution is -0.145. The van der Waals surface area contributed by atoms with Gasteiger partial charge < -0.3 is 5.11 Å². The maximum Gasteiger partial charge on any atom is 0.401 e. The van der Waals surface area contributed by atoms with Gasteiger partial charge in [0, 0.05) is 6.54 Å². The van der Waals surface area contributed by atoms with Gasteiger partial charge in [-0.2, -0.15) is 13.2 Å². The lowest BCUT2D eigenvalue weighted by Crippen LogP contribution is -2.36. The highest BCUT2D eigenvalue weighted by Gasteiger charge is 2.29. The van der Waals surface area contributed by atoms with E-state index >= 15 is 0 Å². The molecule has 0 saturated carbocycles. The highest BCUT2D eigenvalue weighted by atomic mass is 19.4. The predicted molar refractivity (Wildman–Crippen MR) is 49.0 cm³/mol.